The van der Waals surface area contributed by atoms with Crippen molar-refractivity contribution in [2.45, 2.75) is 25.3 Å². The van der Waals surface area contributed by atoms with Crippen LogP contribution in [0.25, 0.3) is 0 Å². The lowest BCUT2D eigenvalue weighted by molar-refractivity contribution is 0.0599. The van der Waals surface area contributed by atoms with Crippen molar-refractivity contribution in [2.75, 3.05) is 13.7 Å². The first kappa shape index (κ1) is 13.6. The molecule has 21 heavy (non-hydrogen) atoms. The first-order chi connectivity index (χ1) is 10.3. The number of ether oxygens (including phenoxy) is 1. The van der Waals surface area contributed by atoms with Crippen LogP contribution < -0.4 is 4.74 Å². The van der Waals surface area contributed by atoms with Gasteiger partial charge < -0.3 is 9.64 Å². The van der Waals surface area contributed by atoms with Gasteiger partial charge in [-0.1, -0.05) is 12.1 Å². The first-order valence-corrected chi connectivity index (χ1v) is 7.10. The topological polar surface area (TPSA) is 71.1 Å². The molecule has 0 aliphatic carbocycles. The molecule has 0 bridgehead atoms. The van der Waals surface area contributed by atoms with E-state index in [9.17, 15) is 4.79 Å². The number of methoxy groups -OCH3 is 1. The zero-order valence-corrected chi connectivity index (χ0v) is 12.0. The highest BCUT2D eigenvalue weighted by molar-refractivity contribution is 5.90. The Bertz CT molecular complexity index is 612. The van der Waals surface area contributed by atoms with Crippen LogP contribution in [0.2, 0.25) is 0 Å². The standard InChI is InChI=1S/C15H18N4O2/c1-21-12-6-4-5-11(9-12)13-7-2-3-8-19(13)15(20)14-16-10-17-18-14/h4-6,9-10,13H,2-3,7-8H2,1H3,(H,16,17,18). The number of nitrogens with one attached hydrogen (secondary N) is 1. The van der Waals surface area contributed by atoms with Crippen LogP contribution >= 0.6 is 0 Å². The molecule has 1 fully saturated rings. The van der Waals surface area contributed by atoms with Gasteiger partial charge in [-0.05, 0) is 37.0 Å². The van der Waals surface area contributed by atoms with E-state index >= 15 is 0 Å². The molecule has 1 saturated heterocycles. The summed E-state index contributed by atoms with van der Waals surface area (Å²) in [5.41, 5.74) is 1.10. The van der Waals surface area contributed by atoms with E-state index in [4.69, 9.17) is 4.74 Å². The molecule has 1 N–H and O–H groups in total. The lowest BCUT2D eigenvalue weighted by Gasteiger charge is -2.35. The fourth-order valence-corrected chi connectivity index (χ4v) is 2.81. The average molecular weight is 286 g/mol. The fourth-order valence-electron chi connectivity index (χ4n) is 2.81. The third kappa shape index (κ3) is 2.74. The Morgan fingerprint density at radius 2 is 2.33 bits per heavy atom. The van der Waals surface area contributed by atoms with E-state index in [0.717, 1.165) is 37.1 Å². The Morgan fingerprint density at radius 1 is 1.43 bits per heavy atom. The van der Waals surface area contributed by atoms with Gasteiger partial charge in [0.15, 0.2) is 0 Å². The monoisotopic (exact) mass is 286 g/mol. The summed E-state index contributed by atoms with van der Waals surface area (Å²) in [6, 6.07) is 7.97. The van der Waals surface area contributed by atoms with Crippen LogP contribution in [0.5, 0.6) is 5.75 Å². The second kappa shape index (κ2) is 5.95. The van der Waals surface area contributed by atoms with Crippen LogP contribution in [0.1, 0.15) is 41.5 Å². The quantitative estimate of drug-likeness (QED) is 0.938. The molecule has 1 atom stereocenters. The zero-order chi connectivity index (χ0) is 14.7. The molecule has 3 rings (SSSR count). The lowest BCUT2D eigenvalue weighted by Crippen LogP contribution is -2.39. The molecule has 1 aromatic heterocycles. The maximum absolute atomic E-state index is 12.6. The summed E-state index contributed by atoms with van der Waals surface area (Å²) in [5, 5.41) is 6.41. The molecule has 6 heteroatoms. The molecule has 0 saturated carbocycles. The smallest absolute Gasteiger partial charge is 0.291 e. The number of hydrogen-bond acceptors (Lipinski definition) is 4. The van der Waals surface area contributed by atoms with Gasteiger partial charge in [0, 0.05) is 6.54 Å². The SMILES string of the molecule is COc1cccc(C2CCCCN2C(=O)c2ncn[nH]2)c1. The van der Waals surface area contributed by atoms with Crippen LogP contribution in [0.4, 0.5) is 0 Å². The Kier molecular flexibility index (Phi) is 3.85. The molecule has 1 amide bonds. The molecule has 1 aromatic carbocycles. The van der Waals surface area contributed by atoms with Crippen molar-refractivity contribution >= 4 is 5.91 Å². The van der Waals surface area contributed by atoms with Crippen molar-refractivity contribution in [3.05, 3.63) is 42.0 Å². The number of carbonyl (C=O) groups is 1. The van der Waals surface area contributed by atoms with Crippen molar-refractivity contribution in [3.8, 4) is 5.75 Å². The van der Waals surface area contributed by atoms with E-state index < -0.39 is 0 Å². The van der Waals surface area contributed by atoms with E-state index in [0.29, 0.717) is 5.82 Å². The van der Waals surface area contributed by atoms with Crippen molar-refractivity contribution < 1.29 is 9.53 Å². The predicted octanol–water partition coefficient (Wildman–Crippen LogP) is 2.18. The Morgan fingerprint density at radius 3 is 3.10 bits per heavy atom. The van der Waals surface area contributed by atoms with Crippen molar-refractivity contribution in [1.82, 2.24) is 20.1 Å². The number of nitrogens with zero attached hydrogens (tertiary/aromatic N) is 3. The minimum Gasteiger partial charge on any atom is -0.497 e. The normalized spacial score (nSPS) is 18.5. The Hall–Kier alpha value is -2.37. The van der Waals surface area contributed by atoms with E-state index in [1.54, 1.807) is 7.11 Å². The number of hydrogen-bond donors (Lipinski definition) is 1. The molecular weight excluding hydrogens is 268 g/mol. The molecule has 1 aliphatic heterocycles. The second-order valence-electron chi connectivity index (χ2n) is 5.12. The summed E-state index contributed by atoms with van der Waals surface area (Å²) in [7, 11) is 1.65. The summed E-state index contributed by atoms with van der Waals surface area (Å²) < 4.78 is 5.28. The maximum atomic E-state index is 12.6. The highest BCUT2D eigenvalue weighted by Crippen LogP contribution is 2.33. The van der Waals surface area contributed by atoms with Crippen LogP contribution in [-0.4, -0.2) is 39.6 Å². The number of likely N-dealkylation sites (tertiary alicyclic amines) is 1. The van der Waals surface area contributed by atoms with Crippen LogP contribution in [-0.2, 0) is 0 Å². The summed E-state index contributed by atoms with van der Waals surface area (Å²) in [5.74, 6) is 1.01. The summed E-state index contributed by atoms with van der Waals surface area (Å²) in [4.78, 5) is 18.4. The number of piperidine rings is 1. The van der Waals surface area contributed by atoms with Crippen molar-refractivity contribution in [3.63, 3.8) is 0 Å². The van der Waals surface area contributed by atoms with Gasteiger partial charge in [-0.3, -0.25) is 9.89 Å². The van der Waals surface area contributed by atoms with Crippen LogP contribution in [0.15, 0.2) is 30.6 Å². The van der Waals surface area contributed by atoms with Gasteiger partial charge in [0.05, 0.1) is 13.2 Å². The van der Waals surface area contributed by atoms with E-state index in [2.05, 4.69) is 15.2 Å². The average Bonchev–Trinajstić information content (AvgIpc) is 3.09. The molecule has 1 aliphatic rings. The van der Waals surface area contributed by atoms with Gasteiger partial charge in [0.1, 0.15) is 12.1 Å². The molecule has 0 radical (unpaired) electrons. The Labute approximate surface area is 123 Å². The van der Waals surface area contributed by atoms with Crippen LogP contribution in [0.3, 0.4) is 0 Å². The number of benzene rings is 1. The fraction of sp³-hybridized carbons (Fsp3) is 0.400. The molecule has 6 nitrogen and oxygen atoms in total. The third-order valence-corrected chi connectivity index (χ3v) is 3.86. The molecule has 110 valence electrons. The van der Waals surface area contributed by atoms with Crippen molar-refractivity contribution in [2.24, 2.45) is 0 Å². The molecule has 1 unspecified atom stereocenters. The third-order valence-electron chi connectivity index (χ3n) is 3.86. The van der Waals surface area contributed by atoms with Gasteiger partial charge in [0.25, 0.3) is 5.91 Å². The molecule has 0 spiro atoms. The summed E-state index contributed by atoms with van der Waals surface area (Å²) in [6.45, 7) is 0.738. The number of aromatic amines is 1. The van der Waals surface area contributed by atoms with Gasteiger partial charge in [0.2, 0.25) is 5.82 Å². The highest BCUT2D eigenvalue weighted by Gasteiger charge is 2.30. The number of rotatable bonds is 3. The van der Waals surface area contributed by atoms with Crippen molar-refractivity contribution in [1.29, 1.82) is 0 Å². The van der Waals surface area contributed by atoms with E-state index in [-0.39, 0.29) is 11.9 Å². The predicted molar refractivity (Wildman–Crippen MR) is 77.0 cm³/mol. The molecule has 2 heterocycles. The number of amides is 1. The number of carbonyl (C=O) groups excluding carboxylic acids is 1. The minimum absolute atomic E-state index is 0.0615. The molecule has 2 aromatic rings. The summed E-state index contributed by atoms with van der Waals surface area (Å²) in [6.07, 6.45) is 4.44. The van der Waals surface area contributed by atoms with Gasteiger partial charge in [-0.15, -0.1) is 0 Å². The first-order valence-electron chi connectivity index (χ1n) is 7.10. The molecular formula is C15H18N4O2. The van der Waals surface area contributed by atoms with E-state index in [1.165, 1.54) is 6.33 Å². The van der Waals surface area contributed by atoms with E-state index in [1.807, 2.05) is 29.2 Å². The van der Waals surface area contributed by atoms with Gasteiger partial charge in [-0.25, -0.2) is 4.98 Å². The second-order valence-corrected chi connectivity index (χ2v) is 5.12. The van der Waals surface area contributed by atoms with Gasteiger partial charge in [-0.2, -0.15) is 5.10 Å². The maximum Gasteiger partial charge on any atom is 0.291 e. The van der Waals surface area contributed by atoms with Crippen LogP contribution in [0, 0.1) is 0 Å². The minimum atomic E-state index is -0.0972. The largest absolute Gasteiger partial charge is 0.497 e. The zero-order valence-electron chi connectivity index (χ0n) is 12.0. The number of aromatic nitrogens is 3. The summed E-state index contributed by atoms with van der Waals surface area (Å²) >= 11 is 0. The lowest BCUT2D eigenvalue weighted by atomic mass is 9.95. The Balaban J connectivity index is 1.89. The van der Waals surface area contributed by atoms with Gasteiger partial charge >= 0.3 is 0 Å². The number of H-pyrrole nitrogens is 1. The highest BCUT2D eigenvalue weighted by atomic mass is 16.5.